The summed E-state index contributed by atoms with van der Waals surface area (Å²) in [5, 5.41) is 9.57. The van der Waals surface area contributed by atoms with E-state index in [-0.39, 0.29) is 42.2 Å². The minimum Gasteiger partial charge on any atom is -0.444 e. The third-order valence-corrected chi connectivity index (χ3v) is 5.15. The van der Waals surface area contributed by atoms with Crippen molar-refractivity contribution < 1.29 is 17.9 Å². The Kier molecular flexibility index (Phi) is 11.9. The lowest BCUT2D eigenvalue weighted by molar-refractivity contribution is 0.0490. The molecule has 1 aliphatic carbocycles. The molecule has 1 rings (SSSR count). The maximum atomic E-state index is 11.9. The van der Waals surface area contributed by atoms with Crippen molar-refractivity contribution in [1.82, 2.24) is 20.7 Å². The van der Waals surface area contributed by atoms with Crippen molar-refractivity contribution in [2.45, 2.75) is 90.4 Å². The van der Waals surface area contributed by atoms with Crippen molar-refractivity contribution in [1.29, 1.82) is 0 Å². The molecule has 4 N–H and O–H groups in total. The van der Waals surface area contributed by atoms with Crippen molar-refractivity contribution in [2.24, 2.45) is 4.99 Å². The number of sulfonamides is 1. The number of halogens is 1. The molecule has 0 bridgehead atoms. The molecule has 0 heterocycles. The van der Waals surface area contributed by atoms with E-state index in [4.69, 9.17) is 4.74 Å². The first kappa shape index (κ1) is 29.2. The van der Waals surface area contributed by atoms with Crippen LogP contribution in [0.3, 0.4) is 0 Å². The second-order valence-electron chi connectivity index (χ2n) is 9.29. The summed E-state index contributed by atoms with van der Waals surface area (Å²) in [4.78, 5) is 16.5. The lowest BCUT2D eigenvalue weighted by atomic mass is 9.91. The lowest BCUT2D eigenvalue weighted by Gasteiger charge is -2.31. The summed E-state index contributed by atoms with van der Waals surface area (Å²) >= 11 is 0. The van der Waals surface area contributed by atoms with Crippen LogP contribution in [0.4, 0.5) is 4.79 Å². The number of nitrogens with one attached hydrogen (secondary N) is 4. The summed E-state index contributed by atoms with van der Waals surface area (Å²) in [6.07, 6.45) is 4.29. The Balaban J connectivity index is 0.00000841. The van der Waals surface area contributed by atoms with Gasteiger partial charge in [-0.1, -0.05) is 0 Å². The van der Waals surface area contributed by atoms with Crippen LogP contribution in [-0.2, 0) is 14.8 Å². The van der Waals surface area contributed by atoms with E-state index in [1.165, 1.54) is 0 Å². The highest BCUT2D eigenvalue weighted by molar-refractivity contribution is 14.0. The molecular formula is C19H40IN5O4S. The molecule has 0 aromatic rings. The molecule has 1 saturated carbocycles. The van der Waals surface area contributed by atoms with Crippen LogP contribution in [0.25, 0.3) is 0 Å². The summed E-state index contributed by atoms with van der Waals surface area (Å²) in [5.41, 5.74) is -1.18. The van der Waals surface area contributed by atoms with Crippen molar-refractivity contribution in [2.75, 3.05) is 19.3 Å². The van der Waals surface area contributed by atoms with Gasteiger partial charge in [-0.15, -0.1) is 24.0 Å². The zero-order valence-electron chi connectivity index (χ0n) is 19.3. The van der Waals surface area contributed by atoms with E-state index in [2.05, 4.69) is 25.7 Å². The number of aliphatic imine (C=N–C) groups is 1. The van der Waals surface area contributed by atoms with Crippen LogP contribution in [-0.4, -0.2) is 63.0 Å². The minimum atomic E-state index is -3.30. The second-order valence-corrected chi connectivity index (χ2v) is 11.0. The Morgan fingerprint density at radius 1 is 1.03 bits per heavy atom. The topological polar surface area (TPSA) is 121 Å². The average molecular weight is 562 g/mol. The van der Waals surface area contributed by atoms with Gasteiger partial charge in [0, 0.05) is 24.2 Å². The average Bonchev–Trinajstić information content (AvgIpc) is 2.50. The van der Waals surface area contributed by atoms with E-state index in [1.54, 1.807) is 13.8 Å². The number of ether oxygens (including phenoxy) is 1. The van der Waals surface area contributed by atoms with Gasteiger partial charge in [-0.3, -0.25) is 4.99 Å². The molecule has 0 atom stereocenters. The van der Waals surface area contributed by atoms with Crippen LogP contribution in [0.5, 0.6) is 0 Å². The third kappa shape index (κ3) is 13.5. The Hall–Kier alpha value is -0.820. The SMILES string of the molecule is CCNC(=NCC(C)(C)NS(C)(=O)=O)NC1CCC(NC(=O)OC(C)(C)C)CC1.I. The number of hydrogen-bond donors (Lipinski definition) is 4. The van der Waals surface area contributed by atoms with Crippen LogP contribution >= 0.6 is 24.0 Å². The zero-order chi connectivity index (χ0) is 22.3. The molecule has 9 nitrogen and oxygen atoms in total. The van der Waals surface area contributed by atoms with Crippen molar-refractivity contribution >= 4 is 46.1 Å². The Morgan fingerprint density at radius 3 is 1.97 bits per heavy atom. The first-order chi connectivity index (χ1) is 13.2. The summed E-state index contributed by atoms with van der Waals surface area (Å²) in [6, 6.07) is 0.357. The smallest absolute Gasteiger partial charge is 0.407 e. The molecule has 0 aliphatic heterocycles. The van der Waals surface area contributed by atoms with Crippen LogP contribution in [0, 0.1) is 0 Å². The van der Waals surface area contributed by atoms with Gasteiger partial charge in [-0.25, -0.2) is 17.9 Å². The fraction of sp³-hybridized carbons (Fsp3) is 0.895. The second kappa shape index (κ2) is 12.3. The van der Waals surface area contributed by atoms with Gasteiger partial charge in [0.05, 0.1) is 12.8 Å². The summed E-state index contributed by atoms with van der Waals surface area (Å²) in [7, 11) is -3.30. The number of carbonyl (C=O) groups excluding carboxylic acids is 1. The van der Waals surface area contributed by atoms with E-state index in [0.29, 0.717) is 19.0 Å². The fourth-order valence-corrected chi connectivity index (χ4v) is 4.25. The summed E-state index contributed by atoms with van der Waals surface area (Å²) < 4.78 is 30.9. The molecule has 0 aromatic heterocycles. The Morgan fingerprint density at radius 2 is 1.53 bits per heavy atom. The molecule has 1 aliphatic rings. The minimum absolute atomic E-state index is 0. The van der Waals surface area contributed by atoms with Crippen molar-refractivity contribution in [3.05, 3.63) is 0 Å². The van der Waals surface area contributed by atoms with Crippen LogP contribution in [0.15, 0.2) is 4.99 Å². The fourth-order valence-electron chi connectivity index (χ4n) is 3.18. The molecule has 0 aromatic carbocycles. The standard InChI is InChI=1S/C19H39N5O4S.HI/c1-8-20-16(21-13-19(5,6)24-29(7,26)27)22-14-9-11-15(12-10-14)23-17(25)28-18(2,3)4;/h14-15,24H,8-13H2,1-7H3,(H,23,25)(H2,20,21,22);1H. The first-order valence-corrected chi connectivity index (χ1v) is 12.1. The predicted molar refractivity (Wildman–Crippen MR) is 132 cm³/mol. The molecule has 0 saturated heterocycles. The monoisotopic (exact) mass is 561 g/mol. The number of nitrogens with zero attached hydrogens (tertiary/aromatic N) is 1. The maximum Gasteiger partial charge on any atom is 0.407 e. The van der Waals surface area contributed by atoms with Gasteiger partial charge in [0.15, 0.2) is 5.96 Å². The molecular weight excluding hydrogens is 521 g/mol. The van der Waals surface area contributed by atoms with Gasteiger partial charge in [-0.05, 0) is 67.2 Å². The Bertz CT molecular complexity index is 669. The van der Waals surface area contributed by atoms with Gasteiger partial charge in [0.25, 0.3) is 0 Å². The normalized spacial score (nSPS) is 20.7. The molecule has 11 heteroatoms. The highest BCUT2D eigenvalue weighted by atomic mass is 127. The number of amides is 1. The van der Waals surface area contributed by atoms with E-state index < -0.39 is 21.2 Å². The van der Waals surface area contributed by atoms with E-state index in [9.17, 15) is 13.2 Å². The molecule has 1 amide bonds. The molecule has 0 radical (unpaired) electrons. The number of guanidine groups is 1. The van der Waals surface area contributed by atoms with E-state index in [0.717, 1.165) is 31.9 Å². The molecule has 30 heavy (non-hydrogen) atoms. The van der Waals surface area contributed by atoms with Crippen molar-refractivity contribution in [3.8, 4) is 0 Å². The van der Waals surface area contributed by atoms with E-state index in [1.807, 2.05) is 27.7 Å². The zero-order valence-corrected chi connectivity index (χ0v) is 22.4. The van der Waals surface area contributed by atoms with Gasteiger partial charge in [0.1, 0.15) is 5.60 Å². The summed E-state index contributed by atoms with van der Waals surface area (Å²) in [6.45, 7) is 12.2. The highest BCUT2D eigenvalue weighted by Gasteiger charge is 2.26. The van der Waals surface area contributed by atoms with Gasteiger partial charge >= 0.3 is 6.09 Å². The maximum absolute atomic E-state index is 11.9. The largest absolute Gasteiger partial charge is 0.444 e. The van der Waals surface area contributed by atoms with Crippen molar-refractivity contribution in [3.63, 3.8) is 0 Å². The lowest BCUT2D eigenvalue weighted by Crippen LogP contribution is -2.49. The van der Waals surface area contributed by atoms with Crippen LogP contribution in [0.2, 0.25) is 0 Å². The van der Waals surface area contributed by atoms with E-state index >= 15 is 0 Å². The molecule has 0 spiro atoms. The number of carbonyl (C=O) groups is 1. The van der Waals surface area contributed by atoms with Gasteiger partial charge < -0.3 is 20.7 Å². The molecule has 0 unspecified atom stereocenters. The van der Waals surface area contributed by atoms with Crippen LogP contribution in [0.1, 0.15) is 67.2 Å². The number of rotatable bonds is 7. The summed E-state index contributed by atoms with van der Waals surface area (Å²) in [5.74, 6) is 0.666. The van der Waals surface area contributed by atoms with Gasteiger partial charge in [0.2, 0.25) is 10.0 Å². The predicted octanol–water partition coefficient (Wildman–Crippen LogP) is 2.32. The van der Waals surface area contributed by atoms with Gasteiger partial charge in [-0.2, -0.15) is 0 Å². The quantitative estimate of drug-likeness (QED) is 0.215. The third-order valence-electron chi connectivity index (χ3n) is 4.23. The molecule has 178 valence electrons. The number of hydrogen-bond acceptors (Lipinski definition) is 5. The molecule has 1 fully saturated rings. The van der Waals surface area contributed by atoms with Crippen LogP contribution < -0.4 is 20.7 Å². The highest BCUT2D eigenvalue weighted by Crippen LogP contribution is 2.19. The number of alkyl carbamates (subject to hydrolysis) is 1. The Labute approximate surface area is 199 Å². The first-order valence-electron chi connectivity index (χ1n) is 10.2.